The fraction of sp³-hybridized carbons (Fsp3) is 0.455. The summed E-state index contributed by atoms with van der Waals surface area (Å²) in [5, 5.41) is 5.01. The summed E-state index contributed by atoms with van der Waals surface area (Å²) in [7, 11) is 0. The van der Waals surface area contributed by atoms with E-state index in [1.807, 2.05) is 23.5 Å². The van der Waals surface area contributed by atoms with Crippen LogP contribution in [0.5, 0.6) is 0 Å². The number of rotatable bonds is 4. The molecular formula is C22H27Cl2FN4S. The predicted molar refractivity (Wildman–Crippen MR) is 127 cm³/mol. The Morgan fingerprint density at radius 2 is 1.77 bits per heavy atom. The number of anilines is 1. The average Bonchev–Trinajstić information content (AvgIpc) is 3.11. The maximum absolute atomic E-state index is 13.1. The van der Waals surface area contributed by atoms with Crippen molar-refractivity contribution in [3.05, 3.63) is 52.4 Å². The highest BCUT2D eigenvalue weighted by Gasteiger charge is 2.23. The molecule has 3 aromatic rings. The molecule has 0 amide bonds. The number of aryl methyl sites for hydroxylation is 2. The molecule has 30 heavy (non-hydrogen) atoms. The third-order valence-electron chi connectivity index (χ3n) is 6.00. The second kappa shape index (κ2) is 10.2. The number of nitrogens with one attached hydrogen (secondary N) is 1. The van der Waals surface area contributed by atoms with Crippen LogP contribution in [0.1, 0.15) is 41.7 Å². The smallest absolute Gasteiger partial charge is 0.138 e. The minimum absolute atomic E-state index is 0. The van der Waals surface area contributed by atoms with E-state index in [1.54, 1.807) is 18.5 Å². The van der Waals surface area contributed by atoms with Crippen LogP contribution >= 0.6 is 36.2 Å². The van der Waals surface area contributed by atoms with Gasteiger partial charge in [-0.15, -0.1) is 36.2 Å². The molecule has 3 heterocycles. The van der Waals surface area contributed by atoms with Crippen LogP contribution in [0.15, 0.2) is 30.6 Å². The first-order valence-electron chi connectivity index (χ1n) is 10.2. The van der Waals surface area contributed by atoms with Crippen molar-refractivity contribution in [2.45, 2.75) is 51.1 Å². The lowest BCUT2D eigenvalue weighted by Crippen LogP contribution is -2.38. The van der Waals surface area contributed by atoms with Gasteiger partial charge in [0.25, 0.3) is 0 Å². The predicted octanol–water partition coefficient (Wildman–Crippen LogP) is 5.63. The summed E-state index contributed by atoms with van der Waals surface area (Å²) >= 11 is 1.85. The Kier molecular flexibility index (Phi) is 7.91. The Morgan fingerprint density at radius 1 is 1.03 bits per heavy atom. The van der Waals surface area contributed by atoms with Crippen LogP contribution in [-0.4, -0.2) is 34.0 Å². The summed E-state index contributed by atoms with van der Waals surface area (Å²) in [4.78, 5) is 14.3. The normalized spacial score (nSPS) is 17.1. The van der Waals surface area contributed by atoms with Crippen LogP contribution < -0.4 is 5.32 Å². The molecule has 1 aliphatic heterocycles. The molecule has 0 saturated carbocycles. The van der Waals surface area contributed by atoms with Gasteiger partial charge in [0.1, 0.15) is 22.8 Å². The Balaban J connectivity index is 0.00000128. The molecule has 1 fully saturated rings. The van der Waals surface area contributed by atoms with Gasteiger partial charge in [-0.1, -0.05) is 12.1 Å². The number of benzene rings is 1. The van der Waals surface area contributed by atoms with E-state index < -0.39 is 0 Å². The third kappa shape index (κ3) is 4.88. The summed E-state index contributed by atoms with van der Waals surface area (Å²) in [6.45, 7) is 2.98. The van der Waals surface area contributed by atoms with Gasteiger partial charge < -0.3 is 5.32 Å². The van der Waals surface area contributed by atoms with Gasteiger partial charge in [-0.2, -0.15) is 0 Å². The van der Waals surface area contributed by atoms with Crippen molar-refractivity contribution in [2.75, 3.05) is 18.4 Å². The number of fused-ring (bicyclic) bond motifs is 3. The largest absolute Gasteiger partial charge is 0.367 e. The molecule has 8 heteroatoms. The maximum atomic E-state index is 13.1. The molecule has 1 saturated heterocycles. The van der Waals surface area contributed by atoms with Gasteiger partial charge in [0.2, 0.25) is 0 Å². The van der Waals surface area contributed by atoms with Crippen molar-refractivity contribution in [3.8, 4) is 0 Å². The third-order valence-corrected chi connectivity index (χ3v) is 7.20. The van der Waals surface area contributed by atoms with E-state index in [0.29, 0.717) is 6.04 Å². The number of thiophene rings is 1. The van der Waals surface area contributed by atoms with Crippen molar-refractivity contribution in [1.29, 1.82) is 0 Å². The van der Waals surface area contributed by atoms with Gasteiger partial charge in [0.05, 0.1) is 5.39 Å². The Bertz CT molecular complexity index is 971. The number of aromatic nitrogens is 2. The van der Waals surface area contributed by atoms with E-state index in [1.165, 1.54) is 40.7 Å². The quantitative estimate of drug-likeness (QED) is 0.538. The van der Waals surface area contributed by atoms with Crippen LogP contribution in [0.3, 0.4) is 0 Å². The van der Waals surface area contributed by atoms with Crippen molar-refractivity contribution in [1.82, 2.24) is 14.9 Å². The zero-order chi connectivity index (χ0) is 18.9. The average molecular weight is 469 g/mol. The first kappa shape index (κ1) is 23.2. The monoisotopic (exact) mass is 468 g/mol. The van der Waals surface area contributed by atoms with Crippen LogP contribution in [-0.2, 0) is 19.4 Å². The van der Waals surface area contributed by atoms with Crippen LogP contribution in [0, 0.1) is 5.82 Å². The Labute approximate surface area is 193 Å². The molecular weight excluding hydrogens is 442 g/mol. The Hall–Kier alpha value is -1.47. The molecule has 2 aliphatic rings. The molecule has 0 bridgehead atoms. The fourth-order valence-corrected chi connectivity index (χ4v) is 5.71. The summed E-state index contributed by atoms with van der Waals surface area (Å²) in [5.74, 6) is 0.861. The lowest BCUT2D eigenvalue weighted by molar-refractivity contribution is 0.211. The highest BCUT2D eigenvalue weighted by atomic mass is 35.5. The van der Waals surface area contributed by atoms with Gasteiger partial charge in [-0.05, 0) is 61.8 Å². The molecule has 1 aromatic carbocycles. The minimum Gasteiger partial charge on any atom is -0.367 e. The van der Waals surface area contributed by atoms with E-state index in [4.69, 9.17) is 0 Å². The molecule has 0 radical (unpaired) electrons. The van der Waals surface area contributed by atoms with Crippen molar-refractivity contribution in [2.24, 2.45) is 0 Å². The molecule has 162 valence electrons. The van der Waals surface area contributed by atoms with E-state index in [0.717, 1.165) is 49.5 Å². The molecule has 0 unspecified atom stereocenters. The molecule has 4 nitrogen and oxygen atoms in total. The highest BCUT2D eigenvalue weighted by molar-refractivity contribution is 7.19. The van der Waals surface area contributed by atoms with Crippen molar-refractivity contribution in [3.63, 3.8) is 0 Å². The summed E-state index contributed by atoms with van der Waals surface area (Å²) in [5.41, 5.74) is 2.67. The molecule has 2 aromatic heterocycles. The zero-order valence-electron chi connectivity index (χ0n) is 16.8. The van der Waals surface area contributed by atoms with Gasteiger partial charge in [-0.25, -0.2) is 14.4 Å². The molecule has 0 atom stereocenters. The number of hydrogen-bond acceptors (Lipinski definition) is 5. The summed E-state index contributed by atoms with van der Waals surface area (Å²) in [6.07, 6.45) is 8.82. The fourth-order valence-electron chi connectivity index (χ4n) is 4.48. The summed E-state index contributed by atoms with van der Waals surface area (Å²) in [6, 6.07) is 7.31. The van der Waals surface area contributed by atoms with Crippen molar-refractivity contribution < 1.29 is 4.39 Å². The second-order valence-electron chi connectivity index (χ2n) is 7.93. The van der Waals surface area contributed by atoms with Gasteiger partial charge in [-0.3, -0.25) is 4.90 Å². The highest BCUT2D eigenvalue weighted by Crippen LogP contribution is 2.38. The van der Waals surface area contributed by atoms with Crippen LogP contribution in [0.4, 0.5) is 10.2 Å². The molecule has 0 spiro atoms. The van der Waals surface area contributed by atoms with Gasteiger partial charge >= 0.3 is 0 Å². The number of likely N-dealkylation sites (tertiary alicyclic amines) is 1. The number of nitrogens with zero attached hydrogens (tertiary/aromatic N) is 3. The number of piperidine rings is 1. The van der Waals surface area contributed by atoms with Crippen LogP contribution in [0.2, 0.25) is 0 Å². The Morgan fingerprint density at radius 3 is 2.53 bits per heavy atom. The molecule has 1 aliphatic carbocycles. The van der Waals surface area contributed by atoms with E-state index in [-0.39, 0.29) is 30.6 Å². The molecule has 1 N–H and O–H groups in total. The van der Waals surface area contributed by atoms with E-state index in [9.17, 15) is 4.39 Å². The summed E-state index contributed by atoms with van der Waals surface area (Å²) < 4.78 is 13.1. The lowest BCUT2D eigenvalue weighted by Gasteiger charge is -2.32. The number of halogens is 3. The first-order valence-corrected chi connectivity index (χ1v) is 11.1. The SMILES string of the molecule is Cl.Cl.Fc1ccc(CN2CCC(Nc3ncnc4sc5c(c34)CCCC5)CC2)cc1. The maximum Gasteiger partial charge on any atom is 0.138 e. The van der Waals surface area contributed by atoms with Crippen LogP contribution in [0.25, 0.3) is 10.2 Å². The minimum atomic E-state index is -0.168. The first-order chi connectivity index (χ1) is 13.8. The zero-order valence-corrected chi connectivity index (χ0v) is 19.2. The number of hydrogen-bond donors (Lipinski definition) is 1. The topological polar surface area (TPSA) is 41.0 Å². The van der Waals surface area contributed by atoms with Gasteiger partial charge in [0, 0.05) is 30.6 Å². The second-order valence-corrected chi connectivity index (χ2v) is 9.02. The van der Waals surface area contributed by atoms with E-state index >= 15 is 0 Å². The van der Waals surface area contributed by atoms with Crippen molar-refractivity contribution >= 4 is 52.2 Å². The van der Waals surface area contributed by atoms with Gasteiger partial charge in [0.15, 0.2) is 0 Å². The lowest BCUT2D eigenvalue weighted by atomic mass is 9.96. The van der Waals surface area contributed by atoms with E-state index in [2.05, 4.69) is 20.2 Å². The molecule has 5 rings (SSSR count). The standard InChI is InChI=1S/C22H25FN4S.2ClH/c23-16-7-5-15(6-8-16)13-27-11-9-17(10-12-27)26-21-20-18-3-1-2-4-19(18)28-22(20)25-14-24-21;;/h5-8,14,17H,1-4,9-13H2,(H,24,25,26);2*1H.